The first-order chi connectivity index (χ1) is 9.51. The molecule has 1 rings (SSSR count). The fourth-order valence-corrected chi connectivity index (χ4v) is 2.22. The summed E-state index contributed by atoms with van der Waals surface area (Å²) in [7, 11) is 0. The van der Waals surface area contributed by atoms with Crippen LogP contribution in [0.15, 0.2) is 18.2 Å². The highest BCUT2D eigenvalue weighted by atomic mass is 16.3. The van der Waals surface area contributed by atoms with Crippen molar-refractivity contribution in [2.75, 3.05) is 19.6 Å². The summed E-state index contributed by atoms with van der Waals surface area (Å²) in [6, 6.07) is 4.44. The van der Waals surface area contributed by atoms with E-state index in [4.69, 9.17) is 0 Å². The maximum atomic E-state index is 11.8. The molecular formula is C15H24N2O3. The molecule has 1 unspecified atom stereocenters. The van der Waals surface area contributed by atoms with E-state index in [1.54, 1.807) is 11.0 Å². The predicted molar refractivity (Wildman–Crippen MR) is 78.7 cm³/mol. The minimum Gasteiger partial charge on any atom is -0.507 e. The second kappa shape index (κ2) is 7.75. The summed E-state index contributed by atoms with van der Waals surface area (Å²) in [6.07, 6.45) is 0.403. The van der Waals surface area contributed by atoms with Crippen molar-refractivity contribution in [1.29, 1.82) is 0 Å². The summed E-state index contributed by atoms with van der Waals surface area (Å²) in [5.74, 6) is 0.219. The molecule has 0 radical (unpaired) electrons. The van der Waals surface area contributed by atoms with Crippen molar-refractivity contribution < 1.29 is 15.0 Å². The molecule has 5 nitrogen and oxygen atoms in total. The number of hydrogen-bond acceptors (Lipinski definition) is 4. The van der Waals surface area contributed by atoms with Crippen molar-refractivity contribution in [2.24, 2.45) is 0 Å². The molecule has 0 bridgehead atoms. The number of amides is 1. The topological polar surface area (TPSA) is 72.8 Å². The van der Waals surface area contributed by atoms with Gasteiger partial charge in [-0.05, 0) is 32.9 Å². The van der Waals surface area contributed by atoms with Gasteiger partial charge in [0.15, 0.2) is 0 Å². The zero-order valence-electron chi connectivity index (χ0n) is 12.4. The minimum absolute atomic E-state index is 0.0556. The van der Waals surface area contributed by atoms with Gasteiger partial charge in [0.25, 0.3) is 0 Å². The number of carbonyl (C=O) groups excluding carboxylic acids is 1. The normalized spacial score (nSPS) is 12.2. The second-order valence-corrected chi connectivity index (χ2v) is 4.70. The molecule has 0 aliphatic carbocycles. The van der Waals surface area contributed by atoms with E-state index in [1.165, 1.54) is 12.1 Å². The van der Waals surface area contributed by atoms with Gasteiger partial charge in [-0.2, -0.15) is 0 Å². The van der Waals surface area contributed by atoms with Crippen LogP contribution in [0.3, 0.4) is 0 Å². The second-order valence-electron chi connectivity index (χ2n) is 4.70. The summed E-state index contributed by atoms with van der Waals surface area (Å²) in [5.41, 5.74) is 0.461. The first-order valence-corrected chi connectivity index (χ1v) is 7.03. The minimum atomic E-state index is -0.222. The van der Waals surface area contributed by atoms with E-state index in [0.717, 1.165) is 0 Å². The Morgan fingerprint density at radius 1 is 1.25 bits per heavy atom. The van der Waals surface area contributed by atoms with Gasteiger partial charge >= 0.3 is 0 Å². The van der Waals surface area contributed by atoms with Gasteiger partial charge in [-0.25, -0.2) is 0 Å². The molecule has 20 heavy (non-hydrogen) atoms. The van der Waals surface area contributed by atoms with Crippen LogP contribution in [0.1, 0.15) is 38.8 Å². The summed E-state index contributed by atoms with van der Waals surface area (Å²) >= 11 is 0. The van der Waals surface area contributed by atoms with Crippen LogP contribution < -0.4 is 5.32 Å². The number of aromatic hydroxyl groups is 2. The van der Waals surface area contributed by atoms with E-state index in [0.29, 0.717) is 31.6 Å². The van der Waals surface area contributed by atoms with Crippen LogP contribution in [0.4, 0.5) is 0 Å². The van der Waals surface area contributed by atoms with E-state index in [-0.39, 0.29) is 23.4 Å². The SMILES string of the molecule is CCN(CC)C(=O)CCNC(C)c1c(O)cccc1O. The van der Waals surface area contributed by atoms with E-state index in [9.17, 15) is 15.0 Å². The van der Waals surface area contributed by atoms with Crippen LogP contribution in [0.25, 0.3) is 0 Å². The number of phenols is 2. The molecule has 0 aliphatic rings. The Labute approximate surface area is 120 Å². The van der Waals surface area contributed by atoms with Crippen molar-refractivity contribution in [1.82, 2.24) is 10.2 Å². The van der Waals surface area contributed by atoms with E-state index in [2.05, 4.69) is 5.32 Å². The average molecular weight is 280 g/mol. The smallest absolute Gasteiger partial charge is 0.223 e. The lowest BCUT2D eigenvalue weighted by atomic mass is 10.1. The van der Waals surface area contributed by atoms with Crippen molar-refractivity contribution >= 4 is 5.91 Å². The number of nitrogens with one attached hydrogen (secondary N) is 1. The molecule has 1 amide bonds. The third-order valence-electron chi connectivity index (χ3n) is 3.40. The van der Waals surface area contributed by atoms with Crippen molar-refractivity contribution in [3.8, 4) is 11.5 Å². The van der Waals surface area contributed by atoms with E-state index < -0.39 is 0 Å². The van der Waals surface area contributed by atoms with Crippen LogP contribution in [-0.2, 0) is 4.79 Å². The number of nitrogens with zero attached hydrogens (tertiary/aromatic N) is 1. The van der Waals surface area contributed by atoms with Crippen molar-refractivity contribution in [2.45, 2.75) is 33.2 Å². The lowest BCUT2D eigenvalue weighted by molar-refractivity contribution is -0.130. The summed E-state index contributed by atoms with van der Waals surface area (Å²) in [6.45, 7) is 7.69. The predicted octanol–water partition coefficient (Wildman–Crippen LogP) is 2.01. The van der Waals surface area contributed by atoms with Gasteiger partial charge in [0, 0.05) is 32.1 Å². The van der Waals surface area contributed by atoms with Crippen molar-refractivity contribution in [3.05, 3.63) is 23.8 Å². The molecule has 3 N–H and O–H groups in total. The molecule has 0 aliphatic heterocycles. The van der Waals surface area contributed by atoms with Gasteiger partial charge in [0.05, 0.1) is 5.56 Å². The third-order valence-corrected chi connectivity index (χ3v) is 3.40. The van der Waals surface area contributed by atoms with Gasteiger partial charge in [0.1, 0.15) is 11.5 Å². The Morgan fingerprint density at radius 3 is 2.30 bits per heavy atom. The number of carbonyl (C=O) groups is 1. The Morgan fingerprint density at radius 2 is 1.80 bits per heavy atom. The van der Waals surface area contributed by atoms with E-state index in [1.807, 2.05) is 20.8 Å². The van der Waals surface area contributed by atoms with Gasteiger partial charge in [-0.3, -0.25) is 4.79 Å². The first kappa shape index (κ1) is 16.3. The highest BCUT2D eigenvalue weighted by Gasteiger charge is 2.15. The lowest BCUT2D eigenvalue weighted by Gasteiger charge is -2.20. The molecule has 5 heteroatoms. The molecule has 1 aromatic carbocycles. The Bertz CT molecular complexity index is 424. The Hall–Kier alpha value is -1.75. The average Bonchev–Trinajstić information content (AvgIpc) is 2.40. The van der Waals surface area contributed by atoms with Gasteiger partial charge in [-0.15, -0.1) is 0 Å². The maximum Gasteiger partial charge on any atom is 0.223 e. The van der Waals surface area contributed by atoms with Crippen LogP contribution in [-0.4, -0.2) is 40.7 Å². The number of hydrogen-bond donors (Lipinski definition) is 3. The summed E-state index contributed by atoms with van der Waals surface area (Å²) < 4.78 is 0. The first-order valence-electron chi connectivity index (χ1n) is 7.03. The largest absolute Gasteiger partial charge is 0.507 e. The molecule has 112 valence electrons. The van der Waals surface area contributed by atoms with Crippen LogP contribution in [0, 0.1) is 0 Å². The molecule has 0 spiro atoms. The number of benzene rings is 1. The van der Waals surface area contributed by atoms with Gasteiger partial charge in [0.2, 0.25) is 5.91 Å². The number of rotatable bonds is 7. The van der Waals surface area contributed by atoms with Crippen LogP contribution in [0.2, 0.25) is 0 Å². The Kier molecular flexibility index (Phi) is 6.31. The molecule has 0 saturated carbocycles. The molecular weight excluding hydrogens is 256 g/mol. The molecule has 0 fully saturated rings. The van der Waals surface area contributed by atoms with Crippen LogP contribution in [0.5, 0.6) is 11.5 Å². The fourth-order valence-electron chi connectivity index (χ4n) is 2.22. The molecule has 0 saturated heterocycles. The van der Waals surface area contributed by atoms with Gasteiger partial charge < -0.3 is 20.4 Å². The van der Waals surface area contributed by atoms with Gasteiger partial charge in [-0.1, -0.05) is 6.07 Å². The maximum absolute atomic E-state index is 11.8. The van der Waals surface area contributed by atoms with E-state index >= 15 is 0 Å². The highest BCUT2D eigenvalue weighted by molar-refractivity contribution is 5.76. The lowest BCUT2D eigenvalue weighted by Crippen LogP contribution is -2.33. The molecule has 0 heterocycles. The van der Waals surface area contributed by atoms with Crippen LogP contribution >= 0.6 is 0 Å². The summed E-state index contributed by atoms with van der Waals surface area (Å²) in [4.78, 5) is 13.6. The summed E-state index contributed by atoms with van der Waals surface area (Å²) in [5, 5.41) is 22.7. The molecule has 1 aromatic rings. The zero-order chi connectivity index (χ0) is 15.1. The number of phenolic OH excluding ortho intramolecular Hbond substituents is 2. The standard InChI is InChI=1S/C15H24N2O3/c1-4-17(5-2)14(20)9-10-16-11(3)15-12(18)7-6-8-13(15)19/h6-8,11,16,18-19H,4-5,9-10H2,1-3H3. The molecule has 0 aromatic heterocycles. The van der Waals surface area contributed by atoms with Crippen molar-refractivity contribution in [3.63, 3.8) is 0 Å². The quantitative estimate of drug-likeness (QED) is 0.714. The zero-order valence-corrected chi connectivity index (χ0v) is 12.4. The monoisotopic (exact) mass is 280 g/mol. The highest BCUT2D eigenvalue weighted by Crippen LogP contribution is 2.31. The Balaban J connectivity index is 2.52. The molecule has 1 atom stereocenters. The third kappa shape index (κ3) is 4.13. The fraction of sp³-hybridized carbons (Fsp3) is 0.533.